The minimum absolute atomic E-state index is 0.184. The second kappa shape index (κ2) is 4.04. The quantitative estimate of drug-likeness (QED) is 0.831. The van der Waals surface area contributed by atoms with Gasteiger partial charge in [0.2, 0.25) is 0 Å². The van der Waals surface area contributed by atoms with E-state index < -0.39 is 0 Å². The van der Waals surface area contributed by atoms with Crippen molar-refractivity contribution in [2.24, 2.45) is 0 Å². The predicted octanol–water partition coefficient (Wildman–Crippen LogP) is 2.09. The maximum atomic E-state index is 11.0. The zero-order chi connectivity index (χ0) is 11.7. The molecule has 0 bridgehead atoms. The molecule has 1 N–H and O–H groups in total. The highest BCUT2D eigenvalue weighted by atomic mass is 16.6. The average Bonchev–Trinajstić information content (AvgIpc) is 2.64. The van der Waals surface area contributed by atoms with Crippen LogP contribution < -0.4 is 10.1 Å². The van der Waals surface area contributed by atoms with E-state index in [9.17, 15) is 4.79 Å². The molecule has 0 radical (unpaired) electrons. The fraction of sp³-hybridized carbons (Fsp3) is 0.417. The van der Waals surface area contributed by atoms with E-state index in [-0.39, 0.29) is 12.2 Å². The van der Waals surface area contributed by atoms with Crippen molar-refractivity contribution in [1.29, 1.82) is 0 Å². The molecule has 1 aliphatic heterocycles. The molecular formula is C12H15NO3. The smallest absolute Gasteiger partial charge is 0.407 e. The van der Waals surface area contributed by atoms with Gasteiger partial charge in [0.25, 0.3) is 0 Å². The molecule has 2 rings (SSSR count). The molecule has 1 aromatic rings. The first-order valence-corrected chi connectivity index (χ1v) is 5.21. The Morgan fingerprint density at radius 2 is 2.00 bits per heavy atom. The Morgan fingerprint density at radius 1 is 1.38 bits per heavy atom. The van der Waals surface area contributed by atoms with Crippen LogP contribution in [0, 0.1) is 13.8 Å². The summed E-state index contributed by atoms with van der Waals surface area (Å²) in [6.45, 7) is 4.50. The normalized spacial score (nSPS) is 19.2. The lowest BCUT2D eigenvalue weighted by Crippen LogP contribution is -2.12. The van der Waals surface area contributed by atoms with Gasteiger partial charge in [-0.25, -0.2) is 4.79 Å². The van der Waals surface area contributed by atoms with Crippen LogP contribution in [0.4, 0.5) is 4.79 Å². The number of benzene rings is 1. The Kier molecular flexibility index (Phi) is 2.73. The monoisotopic (exact) mass is 221 g/mol. The Morgan fingerprint density at radius 3 is 2.44 bits per heavy atom. The van der Waals surface area contributed by atoms with E-state index in [4.69, 9.17) is 9.47 Å². The molecule has 4 nitrogen and oxygen atoms in total. The minimum atomic E-state index is -0.351. The van der Waals surface area contributed by atoms with Crippen molar-refractivity contribution in [2.45, 2.75) is 20.0 Å². The molecule has 1 aliphatic rings. The lowest BCUT2D eigenvalue weighted by atomic mass is 10.0. The highest BCUT2D eigenvalue weighted by Gasteiger charge is 2.25. The number of hydrogen-bond donors (Lipinski definition) is 1. The van der Waals surface area contributed by atoms with Crippen LogP contribution in [0.15, 0.2) is 12.1 Å². The Hall–Kier alpha value is -1.71. The van der Waals surface area contributed by atoms with Crippen molar-refractivity contribution in [1.82, 2.24) is 5.32 Å². The van der Waals surface area contributed by atoms with Crippen LogP contribution in [-0.4, -0.2) is 19.7 Å². The van der Waals surface area contributed by atoms with Crippen molar-refractivity contribution in [2.75, 3.05) is 13.7 Å². The first kappa shape index (κ1) is 10.8. The Bertz CT molecular complexity index is 405. The van der Waals surface area contributed by atoms with Gasteiger partial charge in [-0.3, -0.25) is 0 Å². The van der Waals surface area contributed by atoms with E-state index in [0.717, 1.165) is 22.4 Å². The molecule has 1 aromatic carbocycles. The summed E-state index contributed by atoms with van der Waals surface area (Å²) in [7, 11) is 1.66. The molecule has 0 aliphatic carbocycles. The average molecular weight is 221 g/mol. The second-order valence-electron chi connectivity index (χ2n) is 3.96. The SMILES string of the molecule is COc1c(C)cc(C2CNC(=O)O2)cc1C. The first-order chi connectivity index (χ1) is 7.61. The number of hydrogen-bond acceptors (Lipinski definition) is 3. The van der Waals surface area contributed by atoms with Crippen LogP contribution in [0.3, 0.4) is 0 Å². The third kappa shape index (κ3) is 1.83. The zero-order valence-corrected chi connectivity index (χ0v) is 9.66. The van der Waals surface area contributed by atoms with Gasteiger partial charge in [0.05, 0.1) is 13.7 Å². The number of amides is 1. The molecule has 1 amide bonds. The van der Waals surface area contributed by atoms with Crippen LogP contribution in [-0.2, 0) is 4.74 Å². The lowest BCUT2D eigenvalue weighted by Gasteiger charge is -2.14. The molecule has 1 atom stereocenters. The molecule has 0 spiro atoms. The van der Waals surface area contributed by atoms with Gasteiger partial charge < -0.3 is 14.8 Å². The Labute approximate surface area is 94.6 Å². The van der Waals surface area contributed by atoms with E-state index in [1.807, 2.05) is 26.0 Å². The van der Waals surface area contributed by atoms with Gasteiger partial charge in [-0.15, -0.1) is 0 Å². The number of ether oxygens (including phenoxy) is 2. The fourth-order valence-electron chi connectivity index (χ4n) is 2.07. The van der Waals surface area contributed by atoms with Gasteiger partial charge >= 0.3 is 6.09 Å². The van der Waals surface area contributed by atoms with Crippen molar-refractivity contribution in [3.05, 3.63) is 28.8 Å². The van der Waals surface area contributed by atoms with Gasteiger partial charge in [0.15, 0.2) is 0 Å². The predicted molar refractivity (Wildman–Crippen MR) is 59.7 cm³/mol. The van der Waals surface area contributed by atoms with Crippen LogP contribution in [0.1, 0.15) is 22.8 Å². The van der Waals surface area contributed by atoms with Crippen molar-refractivity contribution in [3.8, 4) is 5.75 Å². The molecule has 0 saturated carbocycles. The second-order valence-corrected chi connectivity index (χ2v) is 3.96. The number of nitrogens with one attached hydrogen (secondary N) is 1. The van der Waals surface area contributed by atoms with Gasteiger partial charge in [-0.2, -0.15) is 0 Å². The standard InChI is InChI=1S/C12H15NO3/c1-7-4-9(5-8(2)11(7)15-3)10-6-13-12(14)16-10/h4-5,10H,6H2,1-3H3,(H,13,14). The summed E-state index contributed by atoms with van der Waals surface area (Å²) in [6, 6.07) is 3.99. The summed E-state index contributed by atoms with van der Waals surface area (Å²) >= 11 is 0. The summed E-state index contributed by atoms with van der Waals surface area (Å²) < 4.78 is 10.4. The summed E-state index contributed by atoms with van der Waals surface area (Å²) in [5, 5.41) is 2.64. The number of methoxy groups -OCH3 is 1. The highest BCUT2D eigenvalue weighted by molar-refractivity contribution is 5.69. The van der Waals surface area contributed by atoms with Crippen molar-refractivity contribution in [3.63, 3.8) is 0 Å². The van der Waals surface area contributed by atoms with Crippen LogP contribution >= 0.6 is 0 Å². The van der Waals surface area contributed by atoms with Crippen molar-refractivity contribution >= 4 is 6.09 Å². The maximum absolute atomic E-state index is 11.0. The van der Waals surface area contributed by atoms with E-state index >= 15 is 0 Å². The summed E-state index contributed by atoms with van der Waals surface area (Å²) in [5.74, 6) is 0.890. The number of carbonyl (C=O) groups excluding carboxylic acids is 1. The molecule has 1 saturated heterocycles. The summed E-state index contributed by atoms with van der Waals surface area (Å²) in [5.41, 5.74) is 3.12. The van der Waals surface area contributed by atoms with E-state index in [1.54, 1.807) is 7.11 Å². The molecular weight excluding hydrogens is 206 g/mol. The Balaban J connectivity index is 2.33. The van der Waals surface area contributed by atoms with E-state index in [0.29, 0.717) is 6.54 Å². The van der Waals surface area contributed by atoms with E-state index in [1.165, 1.54) is 0 Å². The minimum Gasteiger partial charge on any atom is -0.496 e. The molecule has 16 heavy (non-hydrogen) atoms. The van der Waals surface area contributed by atoms with Gasteiger partial charge in [0.1, 0.15) is 11.9 Å². The number of alkyl carbamates (subject to hydrolysis) is 1. The number of cyclic esters (lactones) is 1. The van der Waals surface area contributed by atoms with Crippen LogP contribution in [0.25, 0.3) is 0 Å². The molecule has 1 unspecified atom stereocenters. The summed E-state index contributed by atoms with van der Waals surface area (Å²) in [4.78, 5) is 11.0. The molecule has 4 heteroatoms. The number of rotatable bonds is 2. The highest BCUT2D eigenvalue weighted by Crippen LogP contribution is 2.29. The van der Waals surface area contributed by atoms with Crippen LogP contribution in [0.5, 0.6) is 5.75 Å². The maximum Gasteiger partial charge on any atom is 0.407 e. The van der Waals surface area contributed by atoms with Gasteiger partial charge in [-0.05, 0) is 42.7 Å². The van der Waals surface area contributed by atoms with E-state index in [2.05, 4.69) is 5.32 Å². The molecule has 1 fully saturated rings. The number of carbonyl (C=O) groups is 1. The first-order valence-electron chi connectivity index (χ1n) is 5.21. The third-order valence-corrected chi connectivity index (χ3v) is 2.74. The lowest BCUT2D eigenvalue weighted by molar-refractivity contribution is 0.141. The topological polar surface area (TPSA) is 47.6 Å². The van der Waals surface area contributed by atoms with Gasteiger partial charge in [0, 0.05) is 0 Å². The largest absolute Gasteiger partial charge is 0.496 e. The fourth-order valence-corrected chi connectivity index (χ4v) is 2.07. The molecule has 86 valence electrons. The van der Waals surface area contributed by atoms with Crippen LogP contribution in [0.2, 0.25) is 0 Å². The molecule has 1 heterocycles. The van der Waals surface area contributed by atoms with Crippen molar-refractivity contribution < 1.29 is 14.3 Å². The molecule has 0 aromatic heterocycles. The number of aryl methyl sites for hydroxylation is 2. The summed E-state index contributed by atoms with van der Waals surface area (Å²) in [6.07, 6.45) is -0.535. The van der Waals surface area contributed by atoms with Gasteiger partial charge in [-0.1, -0.05) is 0 Å². The zero-order valence-electron chi connectivity index (χ0n) is 9.66. The third-order valence-electron chi connectivity index (χ3n) is 2.74.